The maximum absolute atomic E-state index is 13.1. The zero-order valence-corrected chi connectivity index (χ0v) is 17.1. The van der Waals surface area contributed by atoms with Crippen LogP contribution in [-0.2, 0) is 20.1 Å². The van der Waals surface area contributed by atoms with Crippen LogP contribution in [0.5, 0.6) is 0 Å². The maximum Gasteiger partial charge on any atom is 0.259 e. The van der Waals surface area contributed by atoms with Crippen molar-refractivity contribution in [2.45, 2.75) is 40.8 Å². The molecule has 0 unspecified atom stereocenters. The molecule has 0 fully saturated rings. The van der Waals surface area contributed by atoms with Gasteiger partial charge in [0.05, 0.1) is 28.0 Å². The third kappa shape index (κ3) is 3.28. The monoisotopic (exact) mass is 393 g/mol. The molecule has 150 valence electrons. The first-order valence-corrected chi connectivity index (χ1v) is 9.47. The first-order chi connectivity index (χ1) is 13.9. The van der Waals surface area contributed by atoms with E-state index in [4.69, 9.17) is 4.52 Å². The minimum atomic E-state index is -0.220. The normalized spacial score (nSPS) is 11.3. The molecule has 0 aliphatic carbocycles. The molecule has 9 nitrogen and oxygen atoms in total. The summed E-state index contributed by atoms with van der Waals surface area (Å²) in [5.41, 5.74) is 5.59. The number of carbonyl (C=O) groups is 1. The summed E-state index contributed by atoms with van der Waals surface area (Å²) in [5, 5.41) is 16.5. The van der Waals surface area contributed by atoms with Crippen LogP contribution in [0.15, 0.2) is 22.9 Å². The number of amides is 1. The highest BCUT2D eigenvalue weighted by atomic mass is 16.5. The van der Waals surface area contributed by atoms with Crippen LogP contribution < -0.4 is 5.32 Å². The first-order valence-electron chi connectivity index (χ1n) is 9.47. The van der Waals surface area contributed by atoms with Gasteiger partial charge in [-0.25, -0.2) is 4.98 Å². The van der Waals surface area contributed by atoms with Gasteiger partial charge in [0.25, 0.3) is 11.6 Å². The summed E-state index contributed by atoms with van der Waals surface area (Å²) in [7, 11) is 1.89. The Morgan fingerprint density at radius 1 is 1.17 bits per heavy atom. The SMILES string of the molecule is CCn1ccc(-c2cc(C(=O)NCc3c(C)nn(C)c3C)c3c(C)noc3n2)n1. The van der Waals surface area contributed by atoms with E-state index in [2.05, 4.69) is 25.7 Å². The van der Waals surface area contributed by atoms with Crippen molar-refractivity contribution >= 4 is 17.0 Å². The molecule has 4 aromatic rings. The van der Waals surface area contributed by atoms with E-state index in [9.17, 15) is 4.79 Å². The predicted octanol–water partition coefficient (Wildman–Crippen LogP) is 2.69. The summed E-state index contributed by atoms with van der Waals surface area (Å²) in [6.45, 7) is 8.86. The minimum absolute atomic E-state index is 0.220. The highest BCUT2D eigenvalue weighted by Gasteiger charge is 2.21. The lowest BCUT2D eigenvalue weighted by Crippen LogP contribution is -2.24. The van der Waals surface area contributed by atoms with Gasteiger partial charge in [0.1, 0.15) is 5.69 Å². The van der Waals surface area contributed by atoms with Crippen molar-refractivity contribution in [1.82, 2.24) is 35.0 Å². The molecule has 4 aromatic heterocycles. The second kappa shape index (κ2) is 7.16. The minimum Gasteiger partial charge on any atom is -0.348 e. The number of fused-ring (bicyclic) bond motifs is 1. The van der Waals surface area contributed by atoms with Crippen molar-refractivity contribution in [2.75, 3.05) is 0 Å². The Labute approximate surface area is 167 Å². The topological polar surface area (TPSA) is 104 Å². The third-order valence-corrected chi connectivity index (χ3v) is 5.17. The first kappa shape index (κ1) is 18.9. The number of nitrogens with one attached hydrogen (secondary N) is 1. The number of aromatic nitrogens is 6. The summed E-state index contributed by atoms with van der Waals surface area (Å²) >= 11 is 0. The van der Waals surface area contributed by atoms with Crippen molar-refractivity contribution in [3.63, 3.8) is 0 Å². The number of carbonyl (C=O) groups excluding carboxylic acids is 1. The lowest BCUT2D eigenvalue weighted by atomic mass is 10.1. The molecule has 0 saturated carbocycles. The molecule has 0 aliphatic rings. The van der Waals surface area contributed by atoms with Crippen molar-refractivity contribution in [3.8, 4) is 11.4 Å². The number of aryl methyl sites for hydroxylation is 4. The van der Waals surface area contributed by atoms with Gasteiger partial charge >= 0.3 is 0 Å². The summed E-state index contributed by atoms with van der Waals surface area (Å²) in [5.74, 6) is -0.220. The van der Waals surface area contributed by atoms with E-state index in [1.165, 1.54) is 0 Å². The van der Waals surface area contributed by atoms with E-state index in [1.807, 2.05) is 44.8 Å². The second-order valence-electron chi connectivity index (χ2n) is 7.02. The molecule has 0 aromatic carbocycles. The van der Waals surface area contributed by atoms with Gasteiger partial charge < -0.3 is 9.84 Å². The van der Waals surface area contributed by atoms with E-state index in [0.29, 0.717) is 40.3 Å². The molecule has 1 amide bonds. The van der Waals surface area contributed by atoms with Crippen LogP contribution >= 0.6 is 0 Å². The van der Waals surface area contributed by atoms with Crippen LogP contribution in [0.3, 0.4) is 0 Å². The van der Waals surface area contributed by atoms with E-state index in [1.54, 1.807) is 17.7 Å². The van der Waals surface area contributed by atoms with Gasteiger partial charge in [0.2, 0.25) is 0 Å². The summed E-state index contributed by atoms with van der Waals surface area (Å²) in [4.78, 5) is 17.6. The van der Waals surface area contributed by atoms with Gasteiger partial charge in [-0.2, -0.15) is 10.2 Å². The molecular formula is C20H23N7O2. The molecule has 29 heavy (non-hydrogen) atoms. The molecule has 4 rings (SSSR count). The highest BCUT2D eigenvalue weighted by Crippen LogP contribution is 2.26. The van der Waals surface area contributed by atoms with Crippen LogP contribution in [-0.4, -0.2) is 35.6 Å². The maximum atomic E-state index is 13.1. The number of rotatable bonds is 5. The molecule has 9 heteroatoms. The molecule has 0 aliphatic heterocycles. The number of hydrogen-bond acceptors (Lipinski definition) is 6. The van der Waals surface area contributed by atoms with E-state index in [0.717, 1.165) is 23.5 Å². The fourth-order valence-corrected chi connectivity index (χ4v) is 3.42. The second-order valence-corrected chi connectivity index (χ2v) is 7.02. The van der Waals surface area contributed by atoms with Crippen molar-refractivity contribution in [2.24, 2.45) is 7.05 Å². The van der Waals surface area contributed by atoms with Crippen LogP contribution in [0, 0.1) is 20.8 Å². The van der Waals surface area contributed by atoms with Gasteiger partial charge in [0, 0.05) is 37.6 Å². The van der Waals surface area contributed by atoms with Crippen molar-refractivity contribution in [3.05, 3.63) is 46.5 Å². The van der Waals surface area contributed by atoms with Crippen LogP contribution in [0.2, 0.25) is 0 Å². The lowest BCUT2D eigenvalue weighted by molar-refractivity contribution is 0.0952. The van der Waals surface area contributed by atoms with Gasteiger partial charge in [-0.05, 0) is 39.8 Å². The Morgan fingerprint density at radius 2 is 1.97 bits per heavy atom. The highest BCUT2D eigenvalue weighted by molar-refractivity contribution is 6.06. The molecule has 0 radical (unpaired) electrons. The largest absolute Gasteiger partial charge is 0.348 e. The Bertz CT molecular complexity index is 1220. The smallest absolute Gasteiger partial charge is 0.259 e. The standard InChI is InChI=1S/C20H23N7O2/c1-6-27-8-7-16(24-27)17-9-14(18-12(3)25-29-20(18)22-17)19(28)21-10-15-11(2)23-26(5)13(15)4/h7-9H,6,10H2,1-5H3,(H,21,28). The van der Waals surface area contributed by atoms with Crippen molar-refractivity contribution in [1.29, 1.82) is 0 Å². The Morgan fingerprint density at radius 3 is 2.62 bits per heavy atom. The van der Waals surface area contributed by atoms with E-state index in [-0.39, 0.29) is 5.91 Å². The summed E-state index contributed by atoms with van der Waals surface area (Å²) in [6, 6.07) is 3.61. The van der Waals surface area contributed by atoms with Gasteiger partial charge in [-0.1, -0.05) is 5.16 Å². The Hall–Kier alpha value is -3.49. The summed E-state index contributed by atoms with van der Waals surface area (Å²) < 4.78 is 8.97. The number of pyridine rings is 1. The Kier molecular flexibility index (Phi) is 4.65. The molecule has 0 spiro atoms. The Balaban J connectivity index is 1.71. The zero-order chi connectivity index (χ0) is 20.7. The van der Waals surface area contributed by atoms with Gasteiger partial charge in [-0.3, -0.25) is 14.2 Å². The van der Waals surface area contributed by atoms with E-state index < -0.39 is 0 Å². The van der Waals surface area contributed by atoms with Gasteiger partial charge in [-0.15, -0.1) is 0 Å². The summed E-state index contributed by atoms with van der Waals surface area (Å²) in [6.07, 6.45) is 1.88. The molecular weight excluding hydrogens is 370 g/mol. The van der Waals surface area contributed by atoms with Gasteiger partial charge in [0.15, 0.2) is 0 Å². The fraction of sp³-hybridized carbons (Fsp3) is 0.350. The average Bonchev–Trinajstić information content (AvgIpc) is 3.39. The fourth-order valence-electron chi connectivity index (χ4n) is 3.42. The van der Waals surface area contributed by atoms with Crippen LogP contribution in [0.25, 0.3) is 22.5 Å². The van der Waals surface area contributed by atoms with E-state index >= 15 is 0 Å². The predicted molar refractivity (Wildman–Crippen MR) is 107 cm³/mol. The molecule has 0 bridgehead atoms. The number of hydrogen-bond donors (Lipinski definition) is 1. The third-order valence-electron chi connectivity index (χ3n) is 5.17. The van der Waals surface area contributed by atoms with Crippen molar-refractivity contribution < 1.29 is 9.32 Å². The number of nitrogens with zero attached hydrogens (tertiary/aromatic N) is 6. The molecule has 1 N–H and O–H groups in total. The average molecular weight is 393 g/mol. The quantitative estimate of drug-likeness (QED) is 0.559. The molecule has 0 saturated heterocycles. The van der Waals surface area contributed by atoms with Crippen LogP contribution in [0.4, 0.5) is 0 Å². The molecule has 0 atom stereocenters. The molecule has 4 heterocycles. The zero-order valence-electron chi connectivity index (χ0n) is 17.1. The lowest BCUT2D eigenvalue weighted by Gasteiger charge is -2.08. The van der Waals surface area contributed by atoms with Crippen LogP contribution in [0.1, 0.15) is 39.9 Å².